The zero-order valence-corrected chi connectivity index (χ0v) is 14.4. The Kier molecular flexibility index (Phi) is 4.47. The van der Waals surface area contributed by atoms with Gasteiger partial charge < -0.3 is 14.4 Å². The topological polar surface area (TPSA) is 38.8 Å². The lowest BCUT2D eigenvalue weighted by Crippen LogP contribution is -2.53. The van der Waals surface area contributed by atoms with E-state index in [2.05, 4.69) is 0 Å². The molecule has 0 aromatic heterocycles. The molecule has 1 amide bonds. The van der Waals surface area contributed by atoms with Crippen LogP contribution in [0.4, 0.5) is 5.69 Å². The van der Waals surface area contributed by atoms with Gasteiger partial charge in [-0.1, -0.05) is 18.2 Å². The third-order valence-corrected chi connectivity index (χ3v) is 5.27. The zero-order chi connectivity index (χ0) is 16.5. The van der Waals surface area contributed by atoms with Crippen LogP contribution in [0.2, 0.25) is 0 Å². The van der Waals surface area contributed by atoms with Gasteiger partial charge in [-0.25, -0.2) is 0 Å². The van der Waals surface area contributed by atoms with Crippen LogP contribution in [0, 0.1) is 5.41 Å². The van der Waals surface area contributed by atoms with Crippen molar-refractivity contribution in [2.24, 2.45) is 5.41 Å². The second-order valence-electron chi connectivity index (χ2n) is 7.28. The fraction of sp³-hybridized carbons (Fsp3) is 0.632. The number of anilines is 1. The molecule has 2 fully saturated rings. The minimum Gasteiger partial charge on any atom is -0.350 e. The summed E-state index contributed by atoms with van der Waals surface area (Å²) >= 11 is 0. The van der Waals surface area contributed by atoms with Crippen LogP contribution in [0.1, 0.15) is 46.0 Å². The molecule has 0 N–H and O–H groups in total. The van der Waals surface area contributed by atoms with E-state index in [1.54, 1.807) is 4.90 Å². The third kappa shape index (κ3) is 3.15. The number of nitrogens with zero attached hydrogens (tertiary/aromatic N) is 1. The number of ether oxygens (including phenoxy) is 2. The second kappa shape index (κ2) is 6.25. The summed E-state index contributed by atoms with van der Waals surface area (Å²) in [6.07, 6.45) is 4.84. The van der Waals surface area contributed by atoms with Crippen LogP contribution in [0.25, 0.3) is 0 Å². The molecular weight excluding hydrogens is 290 g/mol. The van der Waals surface area contributed by atoms with Crippen LogP contribution in [0.15, 0.2) is 30.3 Å². The van der Waals surface area contributed by atoms with E-state index in [1.807, 2.05) is 51.2 Å². The smallest absolute Gasteiger partial charge is 0.235 e. The first-order chi connectivity index (χ1) is 10.9. The van der Waals surface area contributed by atoms with Gasteiger partial charge >= 0.3 is 0 Å². The van der Waals surface area contributed by atoms with Gasteiger partial charge in [0, 0.05) is 25.6 Å². The predicted molar refractivity (Wildman–Crippen MR) is 90.3 cm³/mol. The highest BCUT2D eigenvalue weighted by Gasteiger charge is 2.48. The van der Waals surface area contributed by atoms with Crippen molar-refractivity contribution >= 4 is 11.6 Å². The van der Waals surface area contributed by atoms with Crippen molar-refractivity contribution in [2.75, 3.05) is 18.6 Å². The van der Waals surface area contributed by atoms with Crippen molar-refractivity contribution < 1.29 is 14.3 Å². The average Bonchev–Trinajstić information content (AvgIpc) is 3.02. The number of carbonyl (C=O) groups is 1. The Bertz CT molecular complexity index is 549. The molecule has 0 bridgehead atoms. The molecule has 1 aromatic carbocycles. The van der Waals surface area contributed by atoms with E-state index in [0.717, 1.165) is 37.8 Å². The Morgan fingerprint density at radius 3 is 2.52 bits per heavy atom. The Morgan fingerprint density at radius 2 is 1.87 bits per heavy atom. The highest BCUT2D eigenvalue weighted by Crippen LogP contribution is 2.43. The molecule has 1 spiro atoms. The van der Waals surface area contributed by atoms with Crippen molar-refractivity contribution in [3.8, 4) is 0 Å². The van der Waals surface area contributed by atoms with Gasteiger partial charge in [0.15, 0.2) is 5.79 Å². The van der Waals surface area contributed by atoms with Crippen molar-refractivity contribution in [3.63, 3.8) is 0 Å². The largest absolute Gasteiger partial charge is 0.350 e. The van der Waals surface area contributed by atoms with Crippen LogP contribution in [0.3, 0.4) is 0 Å². The van der Waals surface area contributed by atoms with Gasteiger partial charge in [0.05, 0.1) is 18.1 Å². The van der Waals surface area contributed by atoms with E-state index in [0.29, 0.717) is 6.61 Å². The first-order valence-corrected chi connectivity index (χ1v) is 8.60. The van der Waals surface area contributed by atoms with E-state index < -0.39 is 11.2 Å². The molecule has 1 heterocycles. The molecule has 1 unspecified atom stereocenters. The van der Waals surface area contributed by atoms with Crippen molar-refractivity contribution in [1.82, 2.24) is 0 Å². The summed E-state index contributed by atoms with van der Waals surface area (Å²) in [5.41, 5.74) is 0.331. The van der Waals surface area contributed by atoms with E-state index >= 15 is 0 Å². The molecule has 1 saturated heterocycles. The normalized spacial score (nSPS) is 23.9. The number of hydrogen-bond acceptors (Lipinski definition) is 3. The van der Waals surface area contributed by atoms with Crippen LogP contribution in [0.5, 0.6) is 0 Å². The molecule has 0 radical (unpaired) electrons. The SMILES string of the molecule is CN(C(=O)C(C)(C)C1CCOC2(CCCC2)O1)c1ccccc1. The van der Waals surface area contributed by atoms with Crippen LogP contribution >= 0.6 is 0 Å². The van der Waals surface area contributed by atoms with Gasteiger partial charge in [-0.2, -0.15) is 0 Å². The number of benzene rings is 1. The molecule has 2 aliphatic rings. The van der Waals surface area contributed by atoms with Crippen LogP contribution in [-0.2, 0) is 14.3 Å². The molecule has 1 atom stereocenters. The van der Waals surface area contributed by atoms with Gasteiger partial charge in [0.25, 0.3) is 0 Å². The number of hydrogen-bond donors (Lipinski definition) is 0. The Labute approximate surface area is 138 Å². The van der Waals surface area contributed by atoms with Crippen LogP contribution in [-0.4, -0.2) is 31.5 Å². The molecule has 1 aromatic rings. The maximum atomic E-state index is 13.1. The summed E-state index contributed by atoms with van der Waals surface area (Å²) in [7, 11) is 1.84. The highest BCUT2D eigenvalue weighted by molar-refractivity contribution is 5.97. The van der Waals surface area contributed by atoms with E-state index in [-0.39, 0.29) is 12.0 Å². The van der Waals surface area contributed by atoms with Crippen molar-refractivity contribution in [3.05, 3.63) is 30.3 Å². The minimum absolute atomic E-state index is 0.0868. The quantitative estimate of drug-likeness (QED) is 0.852. The van der Waals surface area contributed by atoms with Crippen molar-refractivity contribution in [2.45, 2.75) is 57.8 Å². The monoisotopic (exact) mass is 317 g/mol. The Balaban J connectivity index is 1.76. The fourth-order valence-corrected chi connectivity index (χ4v) is 3.73. The minimum atomic E-state index is -0.579. The molecule has 1 saturated carbocycles. The lowest BCUT2D eigenvalue weighted by Gasteiger charge is -2.45. The molecule has 23 heavy (non-hydrogen) atoms. The highest BCUT2D eigenvalue weighted by atomic mass is 16.7. The first kappa shape index (κ1) is 16.5. The number of rotatable bonds is 3. The van der Waals surface area contributed by atoms with Gasteiger partial charge in [0.1, 0.15) is 0 Å². The fourth-order valence-electron chi connectivity index (χ4n) is 3.73. The standard InChI is InChI=1S/C19H27NO3/c1-18(2,17(21)20(3)15-9-5-4-6-10-15)16-11-14-22-19(23-16)12-7-8-13-19/h4-6,9-10,16H,7-8,11-14H2,1-3H3. The predicted octanol–water partition coefficient (Wildman–Crippen LogP) is 3.75. The second-order valence-corrected chi connectivity index (χ2v) is 7.28. The molecule has 4 nitrogen and oxygen atoms in total. The van der Waals surface area contributed by atoms with E-state index in [9.17, 15) is 4.79 Å². The molecule has 4 heteroatoms. The summed E-state index contributed by atoms with van der Waals surface area (Å²) < 4.78 is 12.3. The summed E-state index contributed by atoms with van der Waals surface area (Å²) in [6.45, 7) is 4.66. The lowest BCUT2D eigenvalue weighted by atomic mass is 9.82. The summed E-state index contributed by atoms with van der Waals surface area (Å²) in [5, 5.41) is 0. The molecule has 3 rings (SSSR count). The molecule has 1 aliphatic heterocycles. The molecule has 126 valence electrons. The third-order valence-electron chi connectivity index (χ3n) is 5.27. The van der Waals surface area contributed by atoms with Gasteiger partial charge in [-0.05, 0) is 45.2 Å². The maximum Gasteiger partial charge on any atom is 0.235 e. The maximum absolute atomic E-state index is 13.1. The Morgan fingerprint density at radius 1 is 1.22 bits per heavy atom. The van der Waals surface area contributed by atoms with E-state index in [4.69, 9.17) is 9.47 Å². The molecular formula is C19H27NO3. The Hall–Kier alpha value is -1.39. The van der Waals surface area contributed by atoms with Gasteiger partial charge in [0.2, 0.25) is 5.91 Å². The average molecular weight is 317 g/mol. The lowest BCUT2D eigenvalue weighted by molar-refractivity contribution is -0.303. The van der Waals surface area contributed by atoms with Gasteiger partial charge in [-0.3, -0.25) is 4.79 Å². The van der Waals surface area contributed by atoms with Crippen molar-refractivity contribution in [1.29, 1.82) is 0 Å². The summed E-state index contributed by atoms with van der Waals surface area (Å²) in [5.74, 6) is -0.352. The zero-order valence-electron chi connectivity index (χ0n) is 14.4. The summed E-state index contributed by atoms with van der Waals surface area (Å²) in [6, 6.07) is 9.77. The van der Waals surface area contributed by atoms with Crippen LogP contribution < -0.4 is 4.90 Å². The number of carbonyl (C=O) groups excluding carboxylic acids is 1. The van der Waals surface area contributed by atoms with E-state index in [1.165, 1.54) is 0 Å². The summed E-state index contributed by atoms with van der Waals surface area (Å²) in [4.78, 5) is 14.8. The number of para-hydroxylation sites is 1. The van der Waals surface area contributed by atoms with Gasteiger partial charge in [-0.15, -0.1) is 0 Å². The molecule has 1 aliphatic carbocycles. The first-order valence-electron chi connectivity index (χ1n) is 8.60. The number of amides is 1.